The standard InChI is InChI=1S/C9H6N4O4S/c10-3-4-1-5-7(6(2-4)13(16)17)18-9(8(11)14)12(5)15/h1-2,9,15H,(H2,11,14). The van der Waals surface area contributed by atoms with Crippen LogP contribution in [-0.2, 0) is 4.79 Å². The molecule has 9 heteroatoms. The Labute approximate surface area is 105 Å². The van der Waals surface area contributed by atoms with Gasteiger partial charge in [-0.25, -0.2) is 5.06 Å². The zero-order valence-corrected chi connectivity index (χ0v) is 9.55. The molecule has 1 heterocycles. The number of nitrogens with two attached hydrogens (primary N) is 1. The molecule has 0 bridgehead atoms. The van der Waals surface area contributed by atoms with Gasteiger partial charge >= 0.3 is 0 Å². The van der Waals surface area contributed by atoms with Gasteiger partial charge in [0.05, 0.1) is 22.2 Å². The van der Waals surface area contributed by atoms with Gasteiger partial charge in [0, 0.05) is 6.07 Å². The van der Waals surface area contributed by atoms with Crippen molar-refractivity contribution >= 4 is 29.0 Å². The van der Waals surface area contributed by atoms with Crippen molar-refractivity contribution in [1.29, 1.82) is 5.26 Å². The molecular weight excluding hydrogens is 260 g/mol. The monoisotopic (exact) mass is 266 g/mol. The minimum Gasteiger partial charge on any atom is -0.367 e. The molecule has 0 fully saturated rings. The fourth-order valence-corrected chi connectivity index (χ4v) is 2.64. The first-order chi connectivity index (χ1) is 8.45. The SMILES string of the molecule is N#Cc1cc2c(c([N+](=O)[O-])c1)SC(C(N)=O)N2O. The normalized spacial score (nSPS) is 17.1. The van der Waals surface area contributed by atoms with Crippen LogP contribution in [0.25, 0.3) is 0 Å². The number of carbonyl (C=O) groups excluding carboxylic acids is 1. The van der Waals surface area contributed by atoms with Crippen LogP contribution in [0, 0.1) is 21.4 Å². The summed E-state index contributed by atoms with van der Waals surface area (Å²) in [6.45, 7) is 0. The van der Waals surface area contributed by atoms with Crippen LogP contribution in [0.2, 0.25) is 0 Å². The van der Waals surface area contributed by atoms with Gasteiger partial charge in [-0.05, 0) is 6.07 Å². The van der Waals surface area contributed by atoms with Crippen molar-refractivity contribution in [3.8, 4) is 6.07 Å². The highest BCUT2D eigenvalue weighted by Crippen LogP contribution is 2.47. The number of nitro benzene ring substituents is 1. The van der Waals surface area contributed by atoms with Crippen LogP contribution in [-0.4, -0.2) is 21.4 Å². The molecule has 0 saturated heterocycles. The highest BCUT2D eigenvalue weighted by Gasteiger charge is 2.38. The van der Waals surface area contributed by atoms with Crippen LogP contribution >= 0.6 is 11.8 Å². The Hall–Kier alpha value is -2.31. The summed E-state index contributed by atoms with van der Waals surface area (Å²) < 4.78 is 0. The zero-order chi connectivity index (χ0) is 13.4. The molecule has 1 unspecified atom stereocenters. The lowest BCUT2D eigenvalue weighted by atomic mass is 10.2. The molecule has 3 N–H and O–H groups in total. The molecule has 1 aromatic carbocycles. The molecule has 1 aliphatic rings. The average molecular weight is 266 g/mol. The molecule has 1 aliphatic heterocycles. The van der Waals surface area contributed by atoms with Crippen LogP contribution in [0.3, 0.4) is 0 Å². The third-order valence-corrected chi connectivity index (χ3v) is 3.63. The largest absolute Gasteiger partial charge is 0.367 e. The second-order valence-corrected chi connectivity index (χ2v) is 4.52. The van der Waals surface area contributed by atoms with Crippen molar-refractivity contribution in [3.05, 3.63) is 27.8 Å². The lowest BCUT2D eigenvalue weighted by Gasteiger charge is -2.15. The number of nitro groups is 1. The predicted octanol–water partition coefficient (Wildman–Crippen LogP) is 0.579. The molecular formula is C9H6N4O4S. The van der Waals surface area contributed by atoms with Gasteiger partial charge in [-0.15, -0.1) is 0 Å². The van der Waals surface area contributed by atoms with Gasteiger partial charge < -0.3 is 5.73 Å². The van der Waals surface area contributed by atoms with E-state index in [4.69, 9.17) is 11.0 Å². The first-order valence-electron chi connectivity index (χ1n) is 4.62. The van der Waals surface area contributed by atoms with E-state index in [0.29, 0.717) is 5.06 Å². The molecule has 0 aliphatic carbocycles. The van der Waals surface area contributed by atoms with E-state index >= 15 is 0 Å². The number of nitriles is 1. The minimum atomic E-state index is -1.13. The topological polar surface area (TPSA) is 133 Å². The van der Waals surface area contributed by atoms with Gasteiger partial charge in [-0.2, -0.15) is 5.26 Å². The molecule has 8 nitrogen and oxygen atoms in total. The van der Waals surface area contributed by atoms with Gasteiger partial charge in [0.15, 0.2) is 5.37 Å². The molecule has 0 saturated carbocycles. The molecule has 1 atom stereocenters. The number of hydroxylamine groups is 1. The van der Waals surface area contributed by atoms with E-state index in [1.165, 1.54) is 6.07 Å². The Kier molecular flexibility index (Phi) is 2.82. The second-order valence-electron chi connectivity index (χ2n) is 3.43. The summed E-state index contributed by atoms with van der Waals surface area (Å²) in [5, 5.41) is 28.8. The molecule has 2 rings (SSSR count). The maximum absolute atomic E-state index is 11.1. The van der Waals surface area contributed by atoms with Crippen LogP contribution in [0.1, 0.15) is 5.56 Å². The Morgan fingerprint density at radius 2 is 2.33 bits per heavy atom. The molecule has 1 amide bonds. The van der Waals surface area contributed by atoms with Crippen LogP contribution < -0.4 is 10.8 Å². The highest BCUT2D eigenvalue weighted by molar-refractivity contribution is 8.01. The summed E-state index contributed by atoms with van der Waals surface area (Å²) >= 11 is 0.777. The lowest BCUT2D eigenvalue weighted by Crippen LogP contribution is -2.37. The zero-order valence-electron chi connectivity index (χ0n) is 8.73. The third-order valence-electron chi connectivity index (χ3n) is 2.32. The highest BCUT2D eigenvalue weighted by atomic mass is 32.2. The lowest BCUT2D eigenvalue weighted by molar-refractivity contribution is -0.387. The average Bonchev–Trinajstić information content (AvgIpc) is 2.65. The van der Waals surface area contributed by atoms with Crippen molar-refractivity contribution in [2.24, 2.45) is 5.73 Å². The number of hydrogen-bond acceptors (Lipinski definition) is 7. The number of carbonyl (C=O) groups is 1. The summed E-state index contributed by atoms with van der Waals surface area (Å²) in [6.07, 6.45) is 0. The summed E-state index contributed by atoms with van der Waals surface area (Å²) in [5.41, 5.74) is 4.79. The molecule has 0 spiro atoms. The van der Waals surface area contributed by atoms with E-state index in [2.05, 4.69) is 0 Å². The minimum absolute atomic E-state index is 0.0187. The maximum atomic E-state index is 11.1. The van der Waals surface area contributed by atoms with Crippen molar-refractivity contribution < 1.29 is 14.9 Å². The smallest absolute Gasteiger partial charge is 0.286 e. The number of thioether (sulfide) groups is 1. The molecule has 18 heavy (non-hydrogen) atoms. The first kappa shape index (κ1) is 12.2. The summed E-state index contributed by atoms with van der Waals surface area (Å²) in [6, 6.07) is 4.10. The maximum Gasteiger partial charge on any atom is 0.286 e. The van der Waals surface area contributed by atoms with E-state index in [1.54, 1.807) is 6.07 Å². The van der Waals surface area contributed by atoms with E-state index in [0.717, 1.165) is 17.8 Å². The van der Waals surface area contributed by atoms with Crippen LogP contribution in [0.4, 0.5) is 11.4 Å². The quantitative estimate of drug-likeness (QED) is 0.590. The Morgan fingerprint density at radius 3 is 2.83 bits per heavy atom. The molecule has 92 valence electrons. The summed E-state index contributed by atoms with van der Waals surface area (Å²) in [5.74, 6) is -0.827. The number of benzene rings is 1. The van der Waals surface area contributed by atoms with Gasteiger partial charge in [0.2, 0.25) is 0 Å². The fourth-order valence-electron chi connectivity index (χ4n) is 1.56. The van der Waals surface area contributed by atoms with Gasteiger partial charge in [-0.3, -0.25) is 20.1 Å². The summed E-state index contributed by atoms with van der Waals surface area (Å²) in [7, 11) is 0. The van der Waals surface area contributed by atoms with Gasteiger partial charge in [0.1, 0.15) is 4.90 Å². The van der Waals surface area contributed by atoms with Crippen molar-refractivity contribution in [2.45, 2.75) is 10.3 Å². The van der Waals surface area contributed by atoms with E-state index < -0.39 is 16.2 Å². The van der Waals surface area contributed by atoms with E-state index in [1.807, 2.05) is 0 Å². The van der Waals surface area contributed by atoms with Gasteiger partial charge in [-0.1, -0.05) is 11.8 Å². The number of nitrogens with zero attached hydrogens (tertiary/aromatic N) is 3. The third kappa shape index (κ3) is 1.73. The molecule has 0 radical (unpaired) electrons. The number of fused-ring (bicyclic) bond motifs is 1. The van der Waals surface area contributed by atoms with E-state index in [-0.39, 0.29) is 21.8 Å². The van der Waals surface area contributed by atoms with Crippen LogP contribution in [0.5, 0.6) is 0 Å². The van der Waals surface area contributed by atoms with Gasteiger partial charge in [0.25, 0.3) is 11.6 Å². The van der Waals surface area contributed by atoms with Crippen LogP contribution in [0.15, 0.2) is 17.0 Å². The fraction of sp³-hybridized carbons (Fsp3) is 0.111. The van der Waals surface area contributed by atoms with Crippen molar-refractivity contribution in [2.75, 3.05) is 5.06 Å². The Morgan fingerprint density at radius 1 is 1.67 bits per heavy atom. The van der Waals surface area contributed by atoms with E-state index in [9.17, 15) is 20.1 Å². The number of amides is 1. The predicted molar refractivity (Wildman–Crippen MR) is 60.9 cm³/mol. The summed E-state index contributed by atoms with van der Waals surface area (Å²) in [4.78, 5) is 21.4. The first-order valence-corrected chi connectivity index (χ1v) is 5.50. The Balaban J connectivity index is 2.62. The second kappa shape index (κ2) is 4.17. The van der Waals surface area contributed by atoms with Crippen molar-refractivity contribution in [3.63, 3.8) is 0 Å². The van der Waals surface area contributed by atoms with Crippen molar-refractivity contribution in [1.82, 2.24) is 0 Å². The number of hydrogen-bond donors (Lipinski definition) is 2. The number of rotatable bonds is 2. The number of anilines is 1. The number of primary amides is 1. The Bertz CT molecular complexity index is 597. The molecule has 0 aromatic heterocycles. The molecule has 1 aromatic rings.